The first-order chi connectivity index (χ1) is 11.1. The van der Waals surface area contributed by atoms with Crippen molar-refractivity contribution in [3.63, 3.8) is 0 Å². The van der Waals surface area contributed by atoms with Gasteiger partial charge in [0.15, 0.2) is 0 Å². The minimum atomic E-state index is -0.573. The van der Waals surface area contributed by atoms with E-state index in [4.69, 9.17) is 4.74 Å². The van der Waals surface area contributed by atoms with E-state index in [9.17, 15) is 9.59 Å². The molecule has 5 heteroatoms. The number of amides is 2. The predicted molar refractivity (Wildman–Crippen MR) is 88.4 cm³/mol. The molecule has 1 aromatic rings. The fraction of sp³-hybridized carbons (Fsp3) is 0.556. The lowest BCUT2D eigenvalue weighted by Crippen LogP contribution is -2.40. The van der Waals surface area contributed by atoms with E-state index in [1.165, 1.54) is 0 Å². The molecule has 23 heavy (non-hydrogen) atoms. The molecule has 2 saturated heterocycles. The molecule has 1 N–H and O–H groups in total. The lowest BCUT2D eigenvalue weighted by molar-refractivity contribution is -0.132. The molecule has 2 fully saturated rings. The summed E-state index contributed by atoms with van der Waals surface area (Å²) in [4.78, 5) is 26.7. The predicted octanol–water partition coefficient (Wildman–Crippen LogP) is 1.95. The molecule has 3 rings (SSSR count). The van der Waals surface area contributed by atoms with Gasteiger partial charge < -0.3 is 15.0 Å². The largest absolute Gasteiger partial charge is 0.376 e. The highest BCUT2D eigenvalue weighted by atomic mass is 16.5. The van der Waals surface area contributed by atoms with Crippen LogP contribution in [-0.4, -0.2) is 37.6 Å². The summed E-state index contributed by atoms with van der Waals surface area (Å²) in [7, 11) is 0. The highest BCUT2D eigenvalue weighted by Gasteiger charge is 2.38. The molecule has 0 aliphatic carbocycles. The summed E-state index contributed by atoms with van der Waals surface area (Å²) in [5, 5.41) is 2.88. The van der Waals surface area contributed by atoms with E-state index in [0.29, 0.717) is 19.5 Å². The monoisotopic (exact) mass is 316 g/mol. The van der Waals surface area contributed by atoms with E-state index >= 15 is 0 Å². The molecular weight excluding hydrogens is 292 g/mol. The van der Waals surface area contributed by atoms with Crippen LogP contribution in [0.15, 0.2) is 18.2 Å². The van der Waals surface area contributed by atoms with Gasteiger partial charge in [0.1, 0.15) is 5.92 Å². The molecule has 1 aromatic carbocycles. The Hall–Kier alpha value is -1.88. The lowest BCUT2D eigenvalue weighted by Gasteiger charge is -2.20. The van der Waals surface area contributed by atoms with Crippen LogP contribution < -0.4 is 10.2 Å². The molecule has 124 valence electrons. The molecule has 0 saturated carbocycles. The van der Waals surface area contributed by atoms with Crippen molar-refractivity contribution in [1.82, 2.24) is 5.32 Å². The maximum absolute atomic E-state index is 12.6. The van der Waals surface area contributed by atoms with Crippen LogP contribution in [0.5, 0.6) is 0 Å². The first-order valence-corrected chi connectivity index (χ1v) is 8.35. The molecule has 0 radical (unpaired) electrons. The quantitative estimate of drug-likeness (QED) is 0.864. The average molecular weight is 316 g/mol. The Kier molecular flexibility index (Phi) is 4.66. The molecule has 2 aliphatic heterocycles. The molecule has 0 spiro atoms. The van der Waals surface area contributed by atoms with Crippen molar-refractivity contribution in [3.05, 3.63) is 29.3 Å². The van der Waals surface area contributed by atoms with Crippen LogP contribution in [0.2, 0.25) is 0 Å². The second kappa shape index (κ2) is 6.71. The second-order valence-corrected chi connectivity index (χ2v) is 6.43. The number of hydrogen-bond acceptors (Lipinski definition) is 3. The zero-order chi connectivity index (χ0) is 16.4. The number of carbonyl (C=O) groups is 2. The van der Waals surface area contributed by atoms with E-state index in [2.05, 4.69) is 5.32 Å². The number of ether oxygens (including phenoxy) is 1. The molecule has 2 aliphatic rings. The first-order valence-electron chi connectivity index (χ1n) is 8.35. The summed E-state index contributed by atoms with van der Waals surface area (Å²) in [5.74, 6) is -0.835. The molecule has 5 nitrogen and oxygen atoms in total. The summed E-state index contributed by atoms with van der Waals surface area (Å²) in [6.07, 6.45) is 2.70. The Bertz CT molecular complexity index is 608. The first kappa shape index (κ1) is 16.0. The third kappa shape index (κ3) is 3.24. The van der Waals surface area contributed by atoms with Gasteiger partial charge in [0.25, 0.3) is 0 Å². The van der Waals surface area contributed by atoms with Crippen molar-refractivity contribution in [1.29, 1.82) is 0 Å². The van der Waals surface area contributed by atoms with Crippen LogP contribution in [0, 0.1) is 19.8 Å². The molecule has 0 bridgehead atoms. The lowest BCUT2D eigenvalue weighted by atomic mass is 10.1. The molecule has 2 heterocycles. The Balaban J connectivity index is 1.64. The fourth-order valence-corrected chi connectivity index (χ4v) is 3.33. The highest BCUT2D eigenvalue weighted by molar-refractivity contribution is 6.09. The maximum Gasteiger partial charge on any atom is 0.239 e. The van der Waals surface area contributed by atoms with Gasteiger partial charge in [-0.1, -0.05) is 12.1 Å². The summed E-state index contributed by atoms with van der Waals surface area (Å²) in [6.45, 7) is 5.92. The third-order valence-electron chi connectivity index (χ3n) is 4.92. The number of hydrogen-bond donors (Lipinski definition) is 1. The van der Waals surface area contributed by atoms with Crippen molar-refractivity contribution in [2.24, 2.45) is 5.92 Å². The molecule has 2 atom stereocenters. The van der Waals surface area contributed by atoms with Crippen molar-refractivity contribution >= 4 is 17.5 Å². The van der Waals surface area contributed by atoms with Gasteiger partial charge in [0.05, 0.1) is 6.10 Å². The van der Waals surface area contributed by atoms with Crippen LogP contribution in [0.1, 0.15) is 30.4 Å². The van der Waals surface area contributed by atoms with Crippen LogP contribution in [0.4, 0.5) is 5.69 Å². The Morgan fingerprint density at radius 2 is 2.17 bits per heavy atom. The summed E-state index contributed by atoms with van der Waals surface area (Å²) in [5.41, 5.74) is 3.17. The van der Waals surface area contributed by atoms with Gasteiger partial charge in [-0.25, -0.2) is 0 Å². The molecular formula is C18H24N2O3. The summed E-state index contributed by atoms with van der Waals surface area (Å²) < 4.78 is 5.50. The number of aryl methyl sites for hydroxylation is 1. The van der Waals surface area contributed by atoms with Gasteiger partial charge in [-0.15, -0.1) is 0 Å². The van der Waals surface area contributed by atoms with Gasteiger partial charge in [0, 0.05) is 25.4 Å². The normalized spacial score (nSPS) is 24.3. The zero-order valence-electron chi connectivity index (χ0n) is 13.8. The van der Waals surface area contributed by atoms with E-state index < -0.39 is 5.92 Å². The summed E-state index contributed by atoms with van der Waals surface area (Å²) >= 11 is 0. The second-order valence-electron chi connectivity index (χ2n) is 6.43. The van der Waals surface area contributed by atoms with Gasteiger partial charge >= 0.3 is 0 Å². The van der Waals surface area contributed by atoms with Crippen LogP contribution >= 0.6 is 0 Å². The van der Waals surface area contributed by atoms with E-state index in [0.717, 1.165) is 36.3 Å². The third-order valence-corrected chi connectivity index (χ3v) is 4.92. The van der Waals surface area contributed by atoms with Crippen LogP contribution in [-0.2, 0) is 14.3 Å². The number of carbonyl (C=O) groups excluding carboxylic acids is 2. The molecule has 2 unspecified atom stereocenters. The topological polar surface area (TPSA) is 58.6 Å². The summed E-state index contributed by atoms with van der Waals surface area (Å²) in [6, 6.07) is 5.94. The SMILES string of the molecule is Cc1cccc(N2CCC(C(=O)NCC3CCCO3)C2=O)c1C. The van der Waals surface area contributed by atoms with Gasteiger partial charge in [-0.2, -0.15) is 0 Å². The van der Waals surface area contributed by atoms with Crippen LogP contribution in [0.3, 0.4) is 0 Å². The van der Waals surface area contributed by atoms with E-state index in [1.54, 1.807) is 4.90 Å². The van der Waals surface area contributed by atoms with Crippen LogP contribution in [0.25, 0.3) is 0 Å². The number of nitrogens with zero attached hydrogens (tertiary/aromatic N) is 1. The highest BCUT2D eigenvalue weighted by Crippen LogP contribution is 2.29. The number of rotatable bonds is 4. The molecule has 2 amide bonds. The van der Waals surface area contributed by atoms with E-state index in [-0.39, 0.29) is 17.9 Å². The van der Waals surface area contributed by atoms with Crippen molar-refractivity contribution in [2.75, 3.05) is 24.6 Å². The maximum atomic E-state index is 12.6. The Morgan fingerprint density at radius 1 is 1.35 bits per heavy atom. The van der Waals surface area contributed by atoms with E-state index in [1.807, 2.05) is 32.0 Å². The Morgan fingerprint density at radius 3 is 2.91 bits per heavy atom. The van der Waals surface area contributed by atoms with Gasteiger partial charge in [-0.05, 0) is 50.3 Å². The minimum absolute atomic E-state index is 0.0939. The number of anilines is 1. The van der Waals surface area contributed by atoms with Gasteiger partial charge in [0.2, 0.25) is 11.8 Å². The fourth-order valence-electron chi connectivity index (χ4n) is 3.33. The van der Waals surface area contributed by atoms with Crippen molar-refractivity contribution in [2.45, 2.75) is 39.2 Å². The van der Waals surface area contributed by atoms with Crippen molar-refractivity contribution < 1.29 is 14.3 Å². The Labute approximate surface area is 137 Å². The van der Waals surface area contributed by atoms with Crippen molar-refractivity contribution in [3.8, 4) is 0 Å². The number of benzene rings is 1. The smallest absolute Gasteiger partial charge is 0.239 e. The average Bonchev–Trinajstić information content (AvgIpc) is 3.18. The number of nitrogens with one attached hydrogen (secondary N) is 1. The standard InChI is InChI=1S/C18H24N2O3/c1-12-5-3-7-16(13(12)2)20-9-8-15(18(20)22)17(21)19-11-14-6-4-10-23-14/h3,5,7,14-15H,4,6,8-11H2,1-2H3,(H,19,21). The van der Waals surface area contributed by atoms with Gasteiger partial charge in [-0.3, -0.25) is 9.59 Å². The zero-order valence-corrected chi connectivity index (χ0v) is 13.8. The minimum Gasteiger partial charge on any atom is -0.376 e. The molecule has 0 aromatic heterocycles.